The van der Waals surface area contributed by atoms with E-state index in [4.69, 9.17) is 21.1 Å². The highest BCUT2D eigenvalue weighted by Crippen LogP contribution is 2.25. The van der Waals surface area contributed by atoms with Crippen LogP contribution in [-0.2, 0) is 9.47 Å². The number of ether oxygens (including phenoxy) is 2. The Labute approximate surface area is 84.9 Å². The van der Waals surface area contributed by atoms with Crippen molar-refractivity contribution in [1.29, 1.82) is 0 Å². The van der Waals surface area contributed by atoms with E-state index in [0.717, 1.165) is 18.8 Å². The maximum Gasteiger partial charge on any atom is 0.179 e. The molecule has 0 bridgehead atoms. The fourth-order valence-electron chi connectivity index (χ4n) is 1.17. The van der Waals surface area contributed by atoms with Crippen molar-refractivity contribution in [2.75, 3.05) is 19.1 Å². The summed E-state index contributed by atoms with van der Waals surface area (Å²) in [6.07, 6.45) is 1.73. The van der Waals surface area contributed by atoms with Crippen LogP contribution < -0.4 is 0 Å². The van der Waals surface area contributed by atoms with Gasteiger partial charge in [-0.2, -0.15) is 0 Å². The molecule has 1 heterocycles. The van der Waals surface area contributed by atoms with Gasteiger partial charge in [0.2, 0.25) is 0 Å². The van der Waals surface area contributed by atoms with Gasteiger partial charge in [0.1, 0.15) is 0 Å². The number of hydrogen-bond acceptors (Lipinski definition) is 2. The summed E-state index contributed by atoms with van der Waals surface area (Å²) in [4.78, 5) is 0. The Balaban J connectivity index is 2.45. The minimum atomic E-state index is -0.188. The zero-order valence-electron chi connectivity index (χ0n) is 8.47. The lowest BCUT2D eigenvalue weighted by Gasteiger charge is -2.34. The molecule has 0 saturated carbocycles. The molecule has 1 fully saturated rings. The highest BCUT2D eigenvalue weighted by Gasteiger charge is 2.28. The molecular weight excluding hydrogens is 188 g/mol. The minimum absolute atomic E-state index is 0.137. The molecule has 76 valence electrons. The van der Waals surface area contributed by atoms with Crippen LogP contribution in [0.4, 0.5) is 0 Å². The molecule has 0 aliphatic carbocycles. The van der Waals surface area contributed by atoms with E-state index >= 15 is 0 Å². The first-order chi connectivity index (χ1) is 6.05. The molecule has 0 radical (unpaired) electrons. The van der Waals surface area contributed by atoms with Gasteiger partial charge in [-0.05, 0) is 12.5 Å². The highest BCUT2D eigenvalue weighted by molar-refractivity contribution is 6.18. The van der Waals surface area contributed by atoms with Gasteiger partial charge in [-0.3, -0.25) is 0 Å². The zero-order chi connectivity index (χ0) is 9.90. The molecule has 0 spiro atoms. The second-order valence-corrected chi connectivity index (χ2v) is 4.53. The molecule has 1 aliphatic rings. The van der Waals surface area contributed by atoms with Crippen LogP contribution in [0.3, 0.4) is 0 Å². The summed E-state index contributed by atoms with van der Waals surface area (Å²) >= 11 is 5.58. The first kappa shape index (κ1) is 11.0. The molecule has 1 saturated heterocycles. The maximum absolute atomic E-state index is 5.58. The SMILES string of the molecule is C/C(=C/CCl)C1OCC(C)(C)CO1. The second kappa shape index (κ2) is 4.45. The summed E-state index contributed by atoms with van der Waals surface area (Å²) < 4.78 is 11.1. The molecule has 0 amide bonds. The Morgan fingerprint density at radius 1 is 1.46 bits per heavy atom. The van der Waals surface area contributed by atoms with E-state index in [9.17, 15) is 0 Å². The van der Waals surface area contributed by atoms with Crippen molar-refractivity contribution in [3.63, 3.8) is 0 Å². The smallest absolute Gasteiger partial charge is 0.179 e. The Morgan fingerprint density at radius 3 is 2.46 bits per heavy atom. The summed E-state index contributed by atoms with van der Waals surface area (Å²) in [7, 11) is 0. The molecule has 0 N–H and O–H groups in total. The van der Waals surface area contributed by atoms with E-state index in [1.165, 1.54) is 0 Å². The summed E-state index contributed by atoms with van der Waals surface area (Å²) in [6.45, 7) is 7.72. The standard InChI is InChI=1S/C10H17ClO2/c1-8(4-5-11)9-12-6-10(2,3)7-13-9/h4,9H,5-7H2,1-3H3/b8-4-. The number of hydrogen-bond donors (Lipinski definition) is 0. The third-order valence-electron chi connectivity index (χ3n) is 2.02. The average Bonchev–Trinajstić information content (AvgIpc) is 2.04. The molecule has 0 aromatic rings. The van der Waals surface area contributed by atoms with Gasteiger partial charge < -0.3 is 9.47 Å². The first-order valence-electron chi connectivity index (χ1n) is 4.51. The molecule has 13 heavy (non-hydrogen) atoms. The molecule has 1 aliphatic heterocycles. The van der Waals surface area contributed by atoms with Gasteiger partial charge >= 0.3 is 0 Å². The maximum atomic E-state index is 5.58. The molecular formula is C10H17ClO2. The van der Waals surface area contributed by atoms with Crippen molar-refractivity contribution in [2.24, 2.45) is 5.41 Å². The lowest BCUT2D eigenvalue weighted by Crippen LogP contribution is -2.38. The third kappa shape index (κ3) is 3.29. The lowest BCUT2D eigenvalue weighted by atomic mass is 9.95. The van der Waals surface area contributed by atoms with Gasteiger partial charge in [-0.1, -0.05) is 19.9 Å². The van der Waals surface area contributed by atoms with Crippen LogP contribution in [0.25, 0.3) is 0 Å². The quantitative estimate of drug-likeness (QED) is 0.509. The number of allylic oxidation sites excluding steroid dienone is 1. The topological polar surface area (TPSA) is 18.5 Å². The average molecular weight is 205 g/mol. The van der Waals surface area contributed by atoms with E-state index in [2.05, 4.69) is 13.8 Å². The van der Waals surface area contributed by atoms with Gasteiger partial charge in [-0.15, -0.1) is 11.6 Å². The first-order valence-corrected chi connectivity index (χ1v) is 5.04. The van der Waals surface area contributed by atoms with Gasteiger partial charge in [0.05, 0.1) is 13.2 Å². The van der Waals surface area contributed by atoms with Crippen molar-refractivity contribution in [1.82, 2.24) is 0 Å². The fraction of sp³-hybridized carbons (Fsp3) is 0.800. The van der Waals surface area contributed by atoms with Crippen LogP contribution >= 0.6 is 11.6 Å². The van der Waals surface area contributed by atoms with Crippen molar-refractivity contribution >= 4 is 11.6 Å². The van der Waals surface area contributed by atoms with Gasteiger partial charge in [0, 0.05) is 11.3 Å². The molecule has 1 rings (SSSR count). The summed E-state index contributed by atoms with van der Waals surface area (Å²) in [5, 5.41) is 0. The minimum Gasteiger partial charge on any atom is -0.348 e. The van der Waals surface area contributed by atoms with Crippen molar-refractivity contribution < 1.29 is 9.47 Å². The van der Waals surface area contributed by atoms with Crippen LogP contribution in [0.2, 0.25) is 0 Å². The van der Waals surface area contributed by atoms with Crippen LogP contribution in [0.15, 0.2) is 11.6 Å². The van der Waals surface area contributed by atoms with E-state index in [-0.39, 0.29) is 11.7 Å². The van der Waals surface area contributed by atoms with Crippen molar-refractivity contribution in [2.45, 2.75) is 27.1 Å². The molecule has 0 atom stereocenters. The predicted molar refractivity (Wildman–Crippen MR) is 54.0 cm³/mol. The zero-order valence-corrected chi connectivity index (χ0v) is 9.23. The Bertz CT molecular complexity index is 189. The largest absolute Gasteiger partial charge is 0.348 e. The van der Waals surface area contributed by atoms with E-state index in [1.54, 1.807) is 0 Å². The monoisotopic (exact) mass is 204 g/mol. The Kier molecular flexibility index (Phi) is 3.77. The molecule has 3 heteroatoms. The van der Waals surface area contributed by atoms with Crippen molar-refractivity contribution in [3.8, 4) is 0 Å². The molecule has 2 nitrogen and oxygen atoms in total. The summed E-state index contributed by atoms with van der Waals surface area (Å²) in [6, 6.07) is 0. The summed E-state index contributed by atoms with van der Waals surface area (Å²) in [5.74, 6) is 0.512. The number of alkyl halides is 1. The van der Waals surface area contributed by atoms with Gasteiger partial charge in [-0.25, -0.2) is 0 Å². The van der Waals surface area contributed by atoms with Crippen molar-refractivity contribution in [3.05, 3.63) is 11.6 Å². The normalized spacial score (nSPS) is 24.8. The molecule has 0 aromatic heterocycles. The number of halogens is 1. The van der Waals surface area contributed by atoms with Crippen LogP contribution in [0, 0.1) is 5.41 Å². The Hall–Kier alpha value is -0.0500. The van der Waals surface area contributed by atoms with Gasteiger partial charge in [0.15, 0.2) is 6.29 Å². The van der Waals surface area contributed by atoms with E-state index < -0.39 is 0 Å². The third-order valence-corrected chi connectivity index (χ3v) is 2.18. The number of rotatable bonds is 2. The second-order valence-electron chi connectivity index (χ2n) is 4.22. The lowest BCUT2D eigenvalue weighted by molar-refractivity contribution is -0.202. The predicted octanol–water partition coefficient (Wildman–Crippen LogP) is 2.57. The molecule has 0 unspecified atom stereocenters. The summed E-state index contributed by atoms with van der Waals surface area (Å²) in [5.41, 5.74) is 1.20. The van der Waals surface area contributed by atoms with Gasteiger partial charge in [0.25, 0.3) is 0 Å². The highest BCUT2D eigenvalue weighted by atomic mass is 35.5. The van der Waals surface area contributed by atoms with E-state index in [0.29, 0.717) is 5.88 Å². The van der Waals surface area contributed by atoms with E-state index in [1.807, 2.05) is 13.0 Å². The van der Waals surface area contributed by atoms with Crippen LogP contribution in [-0.4, -0.2) is 25.4 Å². The fourth-order valence-corrected chi connectivity index (χ4v) is 1.42. The van der Waals surface area contributed by atoms with Crippen LogP contribution in [0.1, 0.15) is 20.8 Å². The molecule has 0 aromatic carbocycles. The van der Waals surface area contributed by atoms with Crippen LogP contribution in [0.5, 0.6) is 0 Å². The Morgan fingerprint density at radius 2 is 2.00 bits per heavy atom.